The number of nitro benzene ring substituents is 1. The van der Waals surface area contributed by atoms with E-state index in [-0.39, 0.29) is 16.3 Å². The van der Waals surface area contributed by atoms with Crippen LogP contribution in [0, 0.1) is 10.1 Å². The molecule has 0 saturated carbocycles. The summed E-state index contributed by atoms with van der Waals surface area (Å²) in [6.45, 7) is 7.00. The highest BCUT2D eigenvalue weighted by Gasteiger charge is 2.14. The lowest BCUT2D eigenvalue weighted by atomic mass is 10.0. The Morgan fingerprint density at radius 3 is 2.30 bits per heavy atom. The minimum absolute atomic E-state index is 0.0251. The standard InChI is InChI=1S/C21H24N2O3S/c1-21(2,3)27-14-13-22-20(24)19(17-7-5-4-6-8-17)15-16-9-11-18(12-10-16)23(25)26/h4-12,15H,13-14H2,1-3H3,(H,22,24)/b19-15+. The summed E-state index contributed by atoms with van der Waals surface area (Å²) in [6, 6.07) is 15.6. The molecule has 2 aromatic rings. The van der Waals surface area contributed by atoms with E-state index in [0.29, 0.717) is 12.1 Å². The van der Waals surface area contributed by atoms with Gasteiger partial charge in [-0.05, 0) is 29.3 Å². The van der Waals surface area contributed by atoms with Gasteiger partial charge in [-0.1, -0.05) is 51.1 Å². The maximum absolute atomic E-state index is 12.8. The van der Waals surface area contributed by atoms with Gasteiger partial charge in [-0.25, -0.2) is 0 Å². The molecule has 0 unspecified atom stereocenters. The van der Waals surface area contributed by atoms with Gasteiger partial charge in [0.25, 0.3) is 11.6 Å². The van der Waals surface area contributed by atoms with Crippen molar-refractivity contribution in [2.24, 2.45) is 0 Å². The summed E-state index contributed by atoms with van der Waals surface area (Å²) in [5.74, 6) is 0.670. The Hall–Kier alpha value is -2.60. The smallest absolute Gasteiger partial charge is 0.269 e. The number of hydrogen-bond acceptors (Lipinski definition) is 4. The number of thioether (sulfide) groups is 1. The lowest BCUT2D eigenvalue weighted by molar-refractivity contribution is -0.384. The van der Waals surface area contributed by atoms with Gasteiger partial charge in [0.1, 0.15) is 0 Å². The van der Waals surface area contributed by atoms with Crippen LogP contribution < -0.4 is 5.32 Å². The van der Waals surface area contributed by atoms with E-state index in [2.05, 4.69) is 26.1 Å². The molecule has 0 spiro atoms. The number of carbonyl (C=O) groups is 1. The van der Waals surface area contributed by atoms with Crippen LogP contribution in [0.1, 0.15) is 31.9 Å². The van der Waals surface area contributed by atoms with Crippen LogP contribution in [0.4, 0.5) is 5.69 Å². The molecule has 0 radical (unpaired) electrons. The SMILES string of the molecule is CC(C)(C)SCCNC(=O)/C(=C/c1ccc([N+](=O)[O-])cc1)c1ccccc1. The molecular weight excluding hydrogens is 360 g/mol. The maximum atomic E-state index is 12.8. The first-order valence-corrected chi connectivity index (χ1v) is 9.68. The summed E-state index contributed by atoms with van der Waals surface area (Å²) in [5.41, 5.74) is 2.10. The van der Waals surface area contributed by atoms with E-state index in [1.54, 1.807) is 30.0 Å². The Morgan fingerprint density at radius 2 is 1.74 bits per heavy atom. The van der Waals surface area contributed by atoms with Gasteiger partial charge in [0, 0.05) is 34.8 Å². The largest absolute Gasteiger partial charge is 0.351 e. The number of hydrogen-bond donors (Lipinski definition) is 1. The van der Waals surface area contributed by atoms with Crippen molar-refractivity contribution < 1.29 is 9.72 Å². The molecule has 2 rings (SSSR count). The van der Waals surface area contributed by atoms with Gasteiger partial charge in [0.15, 0.2) is 0 Å². The third kappa shape index (κ3) is 6.90. The van der Waals surface area contributed by atoms with E-state index in [9.17, 15) is 14.9 Å². The fourth-order valence-electron chi connectivity index (χ4n) is 2.37. The molecule has 0 fully saturated rings. The van der Waals surface area contributed by atoms with Crippen LogP contribution in [0.15, 0.2) is 54.6 Å². The molecule has 0 atom stereocenters. The zero-order valence-electron chi connectivity index (χ0n) is 15.8. The molecule has 6 heteroatoms. The van der Waals surface area contributed by atoms with E-state index in [1.165, 1.54) is 12.1 Å². The molecule has 0 aliphatic carbocycles. The average Bonchev–Trinajstić information content (AvgIpc) is 2.63. The molecule has 1 amide bonds. The van der Waals surface area contributed by atoms with Crippen LogP contribution in [-0.4, -0.2) is 27.9 Å². The molecule has 0 aliphatic rings. The van der Waals surface area contributed by atoms with Crippen LogP contribution in [0.2, 0.25) is 0 Å². The Balaban J connectivity index is 2.19. The van der Waals surface area contributed by atoms with Crippen molar-refractivity contribution in [3.8, 4) is 0 Å². The van der Waals surface area contributed by atoms with Gasteiger partial charge >= 0.3 is 0 Å². The zero-order chi connectivity index (χ0) is 19.9. The van der Waals surface area contributed by atoms with E-state index in [4.69, 9.17) is 0 Å². The molecule has 0 heterocycles. The van der Waals surface area contributed by atoms with Gasteiger partial charge in [-0.2, -0.15) is 11.8 Å². The highest BCUT2D eigenvalue weighted by molar-refractivity contribution is 8.00. The summed E-state index contributed by atoms with van der Waals surface area (Å²) in [7, 11) is 0. The number of amides is 1. The van der Waals surface area contributed by atoms with Gasteiger partial charge in [0.05, 0.1) is 4.92 Å². The monoisotopic (exact) mass is 384 g/mol. The predicted octanol–water partition coefficient (Wildman–Crippen LogP) is 4.78. The van der Waals surface area contributed by atoms with Crippen LogP contribution in [0.5, 0.6) is 0 Å². The van der Waals surface area contributed by atoms with Gasteiger partial charge in [-0.3, -0.25) is 14.9 Å². The number of nitrogens with one attached hydrogen (secondary N) is 1. The minimum Gasteiger partial charge on any atom is -0.351 e. The molecule has 2 aromatic carbocycles. The fourth-order valence-corrected chi connectivity index (χ4v) is 3.19. The van der Waals surface area contributed by atoms with Gasteiger partial charge in [0.2, 0.25) is 0 Å². The summed E-state index contributed by atoms with van der Waals surface area (Å²) >= 11 is 1.79. The number of non-ortho nitro benzene ring substituents is 1. The first kappa shape index (κ1) is 20.7. The normalized spacial score (nSPS) is 11.9. The second kappa shape index (κ2) is 9.37. The number of rotatable bonds is 7. The molecule has 5 nitrogen and oxygen atoms in total. The minimum atomic E-state index is -0.439. The van der Waals surface area contributed by atoms with Crippen molar-refractivity contribution in [1.29, 1.82) is 0 Å². The summed E-state index contributed by atoms with van der Waals surface area (Å²) in [6.07, 6.45) is 1.76. The summed E-state index contributed by atoms with van der Waals surface area (Å²) in [4.78, 5) is 23.1. The highest BCUT2D eigenvalue weighted by atomic mass is 32.2. The topological polar surface area (TPSA) is 72.2 Å². The van der Waals surface area contributed by atoms with E-state index in [0.717, 1.165) is 16.9 Å². The average molecular weight is 385 g/mol. The summed E-state index contributed by atoms with van der Waals surface area (Å²) < 4.78 is 0.154. The maximum Gasteiger partial charge on any atom is 0.269 e. The number of benzene rings is 2. The fraction of sp³-hybridized carbons (Fsp3) is 0.286. The summed E-state index contributed by atoms with van der Waals surface area (Å²) in [5, 5.41) is 13.8. The second-order valence-corrected chi connectivity index (χ2v) is 8.91. The van der Waals surface area contributed by atoms with E-state index in [1.807, 2.05) is 30.3 Å². The molecule has 0 aliphatic heterocycles. The third-order valence-electron chi connectivity index (χ3n) is 3.67. The van der Waals surface area contributed by atoms with Crippen LogP contribution in [0.3, 0.4) is 0 Å². The molecular formula is C21H24N2O3S. The van der Waals surface area contributed by atoms with Gasteiger partial charge < -0.3 is 5.32 Å². The lowest BCUT2D eigenvalue weighted by Crippen LogP contribution is -2.27. The Labute approximate surface area is 164 Å². The Morgan fingerprint density at radius 1 is 1.11 bits per heavy atom. The molecule has 27 heavy (non-hydrogen) atoms. The van der Waals surface area contributed by atoms with Crippen molar-refractivity contribution in [1.82, 2.24) is 5.32 Å². The molecule has 0 saturated heterocycles. The van der Waals surface area contributed by atoms with Crippen molar-refractivity contribution in [3.05, 3.63) is 75.8 Å². The third-order valence-corrected chi connectivity index (χ3v) is 4.94. The number of carbonyl (C=O) groups excluding carboxylic acids is 1. The van der Waals surface area contributed by atoms with Crippen molar-refractivity contribution in [2.45, 2.75) is 25.5 Å². The van der Waals surface area contributed by atoms with Crippen LogP contribution in [-0.2, 0) is 4.79 Å². The van der Waals surface area contributed by atoms with E-state index < -0.39 is 4.92 Å². The number of nitrogens with zero attached hydrogens (tertiary/aromatic N) is 1. The van der Waals surface area contributed by atoms with Crippen molar-refractivity contribution in [3.63, 3.8) is 0 Å². The quantitative estimate of drug-likeness (QED) is 0.245. The zero-order valence-corrected chi connectivity index (χ0v) is 16.6. The second-order valence-electron chi connectivity index (χ2n) is 6.99. The van der Waals surface area contributed by atoms with Crippen molar-refractivity contribution >= 4 is 35.0 Å². The first-order valence-electron chi connectivity index (χ1n) is 8.70. The van der Waals surface area contributed by atoms with Crippen molar-refractivity contribution in [2.75, 3.05) is 12.3 Å². The molecule has 142 valence electrons. The lowest BCUT2D eigenvalue weighted by Gasteiger charge is -2.17. The van der Waals surface area contributed by atoms with E-state index >= 15 is 0 Å². The number of nitro groups is 1. The van der Waals surface area contributed by atoms with Gasteiger partial charge in [-0.15, -0.1) is 0 Å². The highest BCUT2D eigenvalue weighted by Crippen LogP contribution is 2.23. The first-order chi connectivity index (χ1) is 12.8. The van der Waals surface area contributed by atoms with Crippen LogP contribution in [0.25, 0.3) is 11.6 Å². The molecule has 0 bridgehead atoms. The Bertz CT molecular complexity index is 810. The van der Waals surface area contributed by atoms with Crippen LogP contribution >= 0.6 is 11.8 Å². The molecule has 1 N–H and O–H groups in total. The Kier molecular flexibility index (Phi) is 7.19. The molecule has 0 aromatic heterocycles. The predicted molar refractivity (Wildman–Crippen MR) is 113 cm³/mol.